The van der Waals surface area contributed by atoms with Gasteiger partial charge in [0.15, 0.2) is 0 Å². The largest absolute Gasteiger partial charge is 0.495 e. The second-order valence-corrected chi connectivity index (χ2v) is 8.84. The quantitative estimate of drug-likeness (QED) is 0.834. The van der Waals surface area contributed by atoms with Gasteiger partial charge >= 0.3 is 0 Å². The van der Waals surface area contributed by atoms with E-state index in [-0.39, 0.29) is 11.8 Å². The third-order valence-electron chi connectivity index (χ3n) is 6.38. The van der Waals surface area contributed by atoms with Crippen LogP contribution in [0.4, 0.5) is 0 Å². The number of halogens is 1. The number of carbonyl (C=O) groups is 2. The van der Waals surface area contributed by atoms with E-state index in [1.165, 1.54) is 20.0 Å². The summed E-state index contributed by atoms with van der Waals surface area (Å²) in [6.07, 6.45) is 3.58. The van der Waals surface area contributed by atoms with Crippen molar-refractivity contribution in [2.24, 2.45) is 11.3 Å². The Labute approximate surface area is 170 Å². The molecule has 1 unspecified atom stereocenters. The number of carbonyl (C=O) groups excluding carboxylic acids is 2. The second kappa shape index (κ2) is 7.56. The highest BCUT2D eigenvalue weighted by atomic mass is 35.5. The first-order chi connectivity index (χ1) is 13.4. The summed E-state index contributed by atoms with van der Waals surface area (Å²) in [5.41, 5.74) is -0.00642. The zero-order chi connectivity index (χ0) is 19.9. The molecule has 1 aromatic carbocycles. The van der Waals surface area contributed by atoms with E-state index in [0.717, 1.165) is 6.54 Å². The summed E-state index contributed by atoms with van der Waals surface area (Å²) in [4.78, 5) is 29.7. The van der Waals surface area contributed by atoms with Gasteiger partial charge in [-0.3, -0.25) is 9.59 Å². The first kappa shape index (κ1) is 19.5. The molecule has 28 heavy (non-hydrogen) atoms. The molecule has 2 heterocycles. The zero-order valence-corrected chi connectivity index (χ0v) is 17.0. The lowest BCUT2D eigenvalue weighted by molar-refractivity contribution is -0.156. The predicted octanol–water partition coefficient (Wildman–Crippen LogP) is 2.57. The van der Waals surface area contributed by atoms with Gasteiger partial charge in [-0.05, 0) is 56.2 Å². The fourth-order valence-corrected chi connectivity index (χ4v) is 4.84. The normalized spacial score (nSPS) is 24.5. The Morgan fingerprint density at radius 3 is 2.64 bits per heavy atom. The number of amides is 2. The average Bonchev–Trinajstić information content (AvgIpc) is 3.50. The van der Waals surface area contributed by atoms with Crippen molar-refractivity contribution in [2.75, 3.05) is 33.3 Å². The number of hydrogen-bond acceptors (Lipinski definition) is 4. The number of aliphatic hydroxyl groups is 1. The molecular formula is C21H27ClN2O4. The zero-order valence-electron chi connectivity index (χ0n) is 16.2. The van der Waals surface area contributed by atoms with Gasteiger partial charge in [-0.15, -0.1) is 0 Å². The number of benzene rings is 1. The molecule has 1 spiro atoms. The minimum Gasteiger partial charge on any atom is -0.495 e. The van der Waals surface area contributed by atoms with E-state index >= 15 is 0 Å². The van der Waals surface area contributed by atoms with Crippen molar-refractivity contribution in [3.05, 3.63) is 28.8 Å². The van der Waals surface area contributed by atoms with E-state index in [9.17, 15) is 14.7 Å². The molecule has 0 radical (unpaired) electrons. The van der Waals surface area contributed by atoms with Crippen molar-refractivity contribution < 1.29 is 19.4 Å². The number of rotatable bonds is 4. The van der Waals surface area contributed by atoms with Crippen LogP contribution in [0.15, 0.2) is 18.2 Å². The molecule has 7 heteroatoms. The number of methoxy groups -OCH3 is 1. The number of β-amino-alcohol motifs (C(OH)–C–C–N with tert-alkyl or cyclic N) is 1. The summed E-state index contributed by atoms with van der Waals surface area (Å²) in [5, 5.41) is 10.8. The van der Waals surface area contributed by atoms with Gasteiger partial charge in [-0.1, -0.05) is 11.6 Å². The van der Waals surface area contributed by atoms with E-state index < -0.39 is 11.5 Å². The van der Waals surface area contributed by atoms with Gasteiger partial charge < -0.3 is 19.6 Å². The van der Waals surface area contributed by atoms with Crippen LogP contribution >= 0.6 is 11.6 Å². The van der Waals surface area contributed by atoms with Crippen molar-refractivity contribution in [1.82, 2.24) is 9.80 Å². The van der Waals surface area contributed by atoms with Crippen LogP contribution in [-0.4, -0.2) is 66.1 Å². The fraction of sp³-hybridized carbons (Fsp3) is 0.619. The Bertz CT molecular complexity index is 770. The lowest BCUT2D eigenvalue weighted by Gasteiger charge is -2.48. The number of aliphatic hydroxyl groups excluding tert-OH is 1. The van der Waals surface area contributed by atoms with Crippen molar-refractivity contribution in [1.29, 1.82) is 0 Å². The van der Waals surface area contributed by atoms with Crippen molar-refractivity contribution >= 4 is 23.4 Å². The lowest BCUT2D eigenvalue weighted by Crippen LogP contribution is -2.58. The number of likely N-dealkylation sites (tertiary alicyclic amines) is 2. The SMILES string of the molecule is COc1ccc(C(=O)N2CCC3(CC2)CC(O)CN(CC2CC2)C3=O)cc1Cl. The molecule has 1 atom stereocenters. The molecule has 2 amide bonds. The van der Waals surface area contributed by atoms with Crippen LogP contribution in [0.1, 0.15) is 42.5 Å². The van der Waals surface area contributed by atoms with Crippen LogP contribution in [0.2, 0.25) is 5.02 Å². The highest BCUT2D eigenvalue weighted by Gasteiger charge is 2.49. The van der Waals surface area contributed by atoms with Gasteiger partial charge in [0.05, 0.1) is 23.7 Å². The monoisotopic (exact) mass is 406 g/mol. The Kier molecular flexibility index (Phi) is 5.27. The minimum atomic E-state index is -0.527. The Morgan fingerprint density at radius 1 is 1.32 bits per heavy atom. The van der Waals surface area contributed by atoms with Gasteiger partial charge in [-0.25, -0.2) is 0 Å². The lowest BCUT2D eigenvalue weighted by atomic mass is 9.70. The maximum absolute atomic E-state index is 13.2. The topological polar surface area (TPSA) is 70.1 Å². The predicted molar refractivity (Wildman–Crippen MR) is 106 cm³/mol. The second-order valence-electron chi connectivity index (χ2n) is 8.43. The molecule has 152 valence electrons. The molecule has 6 nitrogen and oxygen atoms in total. The van der Waals surface area contributed by atoms with Crippen LogP contribution < -0.4 is 4.74 Å². The molecule has 2 aliphatic heterocycles. The Balaban J connectivity index is 1.43. The number of hydrogen-bond donors (Lipinski definition) is 1. The molecule has 2 saturated heterocycles. The van der Waals surface area contributed by atoms with Gasteiger partial charge in [0.25, 0.3) is 5.91 Å². The van der Waals surface area contributed by atoms with Crippen molar-refractivity contribution in [2.45, 2.75) is 38.2 Å². The highest BCUT2D eigenvalue weighted by Crippen LogP contribution is 2.42. The standard InChI is InChI=1S/C21H27ClN2O4/c1-28-18-5-4-15(10-17(18)22)19(26)23-8-6-21(7-9-23)11-16(25)13-24(20(21)27)12-14-2-3-14/h4-5,10,14,16,25H,2-3,6-9,11-13H2,1H3. The molecule has 1 saturated carbocycles. The fourth-order valence-electron chi connectivity index (χ4n) is 4.58. The van der Waals surface area contributed by atoms with Gasteiger partial charge in [-0.2, -0.15) is 0 Å². The summed E-state index contributed by atoms with van der Waals surface area (Å²) in [5.74, 6) is 1.23. The maximum atomic E-state index is 13.2. The van der Waals surface area contributed by atoms with Crippen molar-refractivity contribution in [3.8, 4) is 5.75 Å². The molecule has 3 fully saturated rings. The van der Waals surface area contributed by atoms with E-state index in [0.29, 0.717) is 61.2 Å². The molecule has 0 bridgehead atoms. The van der Waals surface area contributed by atoms with Crippen molar-refractivity contribution in [3.63, 3.8) is 0 Å². The maximum Gasteiger partial charge on any atom is 0.253 e. The molecular weight excluding hydrogens is 380 g/mol. The van der Waals surface area contributed by atoms with Crippen LogP contribution in [0, 0.1) is 11.3 Å². The van der Waals surface area contributed by atoms with Crippen LogP contribution in [-0.2, 0) is 4.79 Å². The number of piperidine rings is 2. The van der Waals surface area contributed by atoms with Crippen LogP contribution in [0.5, 0.6) is 5.75 Å². The van der Waals surface area contributed by atoms with Gasteiger partial charge in [0.2, 0.25) is 5.91 Å². The van der Waals surface area contributed by atoms with Crippen LogP contribution in [0.25, 0.3) is 0 Å². The molecule has 4 rings (SSSR count). The summed E-state index contributed by atoms with van der Waals surface area (Å²) < 4.78 is 5.14. The third-order valence-corrected chi connectivity index (χ3v) is 6.68. The Hall–Kier alpha value is -1.79. The number of ether oxygens (including phenoxy) is 1. The summed E-state index contributed by atoms with van der Waals surface area (Å²) in [7, 11) is 1.54. The summed E-state index contributed by atoms with van der Waals surface area (Å²) >= 11 is 6.15. The third kappa shape index (κ3) is 3.72. The molecule has 3 aliphatic rings. The Morgan fingerprint density at radius 2 is 2.04 bits per heavy atom. The van der Waals surface area contributed by atoms with E-state index in [1.807, 2.05) is 4.90 Å². The first-order valence-corrected chi connectivity index (χ1v) is 10.4. The van der Waals surface area contributed by atoms with Crippen LogP contribution in [0.3, 0.4) is 0 Å². The number of nitrogens with zero attached hydrogens (tertiary/aromatic N) is 2. The molecule has 1 aromatic rings. The average molecular weight is 407 g/mol. The minimum absolute atomic E-state index is 0.0851. The first-order valence-electron chi connectivity index (χ1n) is 10.0. The molecule has 1 aliphatic carbocycles. The van der Waals surface area contributed by atoms with E-state index in [2.05, 4.69) is 0 Å². The summed E-state index contributed by atoms with van der Waals surface area (Å²) in [6, 6.07) is 5.03. The summed E-state index contributed by atoms with van der Waals surface area (Å²) in [6.45, 7) is 2.24. The smallest absolute Gasteiger partial charge is 0.253 e. The highest BCUT2D eigenvalue weighted by molar-refractivity contribution is 6.32. The molecule has 0 aromatic heterocycles. The molecule has 1 N–H and O–H groups in total. The van der Waals surface area contributed by atoms with Gasteiger partial charge in [0.1, 0.15) is 5.75 Å². The van der Waals surface area contributed by atoms with E-state index in [1.54, 1.807) is 23.1 Å². The van der Waals surface area contributed by atoms with E-state index in [4.69, 9.17) is 16.3 Å². The van der Waals surface area contributed by atoms with Gasteiger partial charge in [0, 0.05) is 31.7 Å².